The number of halogens is 2. The Kier molecular flexibility index (Phi) is 4.83. The van der Waals surface area contributed by atoms with Gasteiger partial charge in [0.25, 0.3) is 0 Å². The average Bonchev–Trinajstić information content (AvgIpc) is 2.37. The molecule has 0 aliphatic carbocycles. The van der Waals surface area contributed by atoms with E-state index in [0.717, 1.165) is 20.2 Å². The average molecular weight is 399 g/mol. The minimum atomic E-state index is -0.927. The van der Waals surface area contributed by atoms with E-state index in [9.17, 15) is 4.79 Å². The second-order valence-electron chi connectivity index (χ2n) is 4.49. The molecule has 0 heterocycles. The number of anilines is 1. The molecule has 0 atom stereocenters. The van der Waals surface area contributed by atoms with E-state index in [1.165, 1.54) is 0 Å². The summed E-state index contributed by atoms with van der Waals surface area (Å²) in [5.74, 6) is -0.927. The number of carbonyl (C=O) groups is 1. The van der Waals surface area contributed by atoms with Crippen LogP contribution >= 0.6 is 31.9 Å². The number of benzene rings is 2. The predicted octanol–water partition coefficient (Wildman–Crippen LogP) is 4.55. The minimum absolute atomic E-state index is 0.274. The summed E-state index contributed by atoms with van der Waals surface area (Å²) in [5.41, 5.74) is 2.28. The zero-order valence-electron chi connectivity index (χ0n) is 10.8. The Balaban J connectivity index is 2.25. The number of hydrogen-bond donors (Lipinski definition) is 1. The molecule has 104 valence electrons. The topological polar surface area (TPSA) is 40.5 Å². The standard InChI is InChI=1S/C15H13Br2NO2/c1-18(9-10-3-2-4-12(16)5-10)14-7-11(15(19)20)6-13(17)8-14/h2-8H,9H2,1H3,(H,19,20). The summed E-state index contributed by atoms with van der Waals surface area (Å²) < 4.78 is 1.79. The number of hydrogen-bond acceptors (Lipinski definition) is 2. The fraction of sp³-hybridized carbons (Fsp3) is 0.133. The van der Waals surface area contributed by atoms with Gasteiger partial charge in [0.2, 0.25) is 0 Å². The molecular formula is C15H13Br2NO2. The van der Waals surface area contributed by atoms with Gasteiger partial charge < -0.3 is 10.0 Å². The summed E-state index contributed by atoms with van der Waals surface area (Å²) in [5, 5.41) is 9.10. The maximum atomic E-state index is 11.1. The highest BCUT2D eigenvalue weighted by Crippen LogP contribution is 2.24. The van der Waals surface area contributed by atoms with Crippen LogP contribution in [0.5, 0.6) is 0 Å². The fourth-order valence-electron chi connectivity index (χ4n) is 1.92. The van der Waals surface area contributed by atoms with Crippen LogP contribution in [-0.4, -0.2) is 18.1 Å². The van der Waals surface area contributed by atoms with E-state index in [-0.39, 0.29) is 5.56 Å². The number of rotatable bonds is 4. The summed E-state index contributed by atoms with van der Waals surface area (Å²) in [4.78, 5) is 13.1. The summed E-state index contributed by atoms with van der Waals surface area (Å²) in [6.45, 7) is 0.703. The quantitative estimate of drug-likeness (QED) is 0.821. The minimum Gasteiger partial charge on any atom is -0.478 e. The first kappa shape index (κ1) is 15.1. The maximum absolute atomic E-state index is 11.1. The van der Waals surface area contributed by atoms with Crippen LogP contribution in [0.3, 0.4) is 0 Å². The van der Waals surface area contributed by atoms with Crippen molar-refractivity contribution in [1.82, 2.24) is 0 Å². The summed E-state index contributed by atoms with van der Waals surface area (Å²) in [6.07, 6.45) is 0. The molecule has 1 N–H and O–H groups in total. The largest absolute Gasteiger partial charge is 0.478 e. The Bertz CT molecular complexity index is 644. The maximum Gasteiger partial charge on any atom is 0.335 e. The van der Waals surface area contributed by atoms with Gasteiger partial charge in [0, 0.05) is 28.2 Å². The van der Waals surface area contributed by atoms with E-state index < -0.39 is 5.97 Å². The number of nitrogens with zero attached hydrogens (tertiary/aromatic N) is 1. The predicted molar refractivity (Wildman–Crippen MR) is 87.4 cm³/mol. The SMILES string of the molecule is CN(Cc1cccc(Br)c1)c1cc(Br)cc(C(=O)O)c1. The number of carboxylic acid groups (broad SMARTS) is 1. The van der Waals surface area contributed by atoms with E-state index in [1.54, 1.807) is 12.1 Å². The second-order valence-corrected chi connectivity index (χ2v) is 6.32. The van der Waals surface area contributed by atoms with Gasteiger partial charge in [0.1, 0.15) is 0 Å². The zero-order chi connectivity index (χ0) is 14.7. The third kappa shape index (κ3) is 3.84. The van der Waals surface area contributed by atoms with Crippen LogP contribution in [0.25, 0.3) is 0 Å². The van der Waals surface area contributed by atoms with Gasteiger partial charge in [-0.05, 0) is 35.9 Å². The summed E-state index contributed by atoms with van der Waals surface area (Å²) >= 11 is 6.80. The molecule has 0 unspecified atom stereocenters. The molecule has 0 spiro atoms. The first-order chi connectivity index (χ1) is 9.45. The molecule has 0 radical (unpaired) electrons. The molecule has 0 aliphatic rings. The third-order valence-corrected chi connectivity index (χ3v) is 3.83. The first-order valence-corrected chi connectivity index (χ1v) is 7.54. The van der Waals surface area contributed by atoms with Crippen molar-refractivity contribution in [3.63, 3.8) is 0 Å². The van der Waals surface area contributed by atoms with Gasteiger partial charge in [0.15, 0.2) is 0 Å². The third-order valence-electron chi connectivity index (χ3n) is 2.88. The molecule has 0 fully saturated rings. The van der Waals surface area contributed by atoms with Crippen molar-refractivity contribution < 1.29 is 9.90 Å². The van der Waals surface area contributed by atoms with Gasteiger partial charge in [-0.15, -0.1) is 0 Å². The van der Waals surface area contributed by atoms with Crippen molar-refractivity contribution in [3.8, 4) is 0 Å². The highest BCUT2D eigenvalue weighted by molar-refractivity contribution is 9.10. The lowest BCUT2D eigenvalue weighted by Gasteiger charge is -2.20. The van der Waals surface area contributed by atoms with Crippen molar-refractivity contribution in [2.45, 2.75) is 6.54 Å². The van der Waals surface area contributed by atoms with Gasteiger partial charge in [-0.1, -0.05) is 44.0 Å². The normalized spacial score (nSPS) is 10.3. The lowest BCUT2D eigenvalue weighted by molar-refractivity contribution is 0.0697. The molecule has 0 saturated carbocycles. The van der Waals surface area contributed by atoms with Crippen LogP contribution in [0.15, 0.2) is 51.4 Å². The molecule has 0 bridgehead atoms. The highest BCUT2D eigenvalue weighted by atomic mass is 79.9. The highest BCUT2D eigenvalue weighted by Gasteiger charge is 2.09. The zero-order valence-corrected chi connectivity index (χ0v) is 14.0. The molecular weight excluding hydrogens is 386 g/mol. The van der Waals surface area contributed by atoms with Gasteiger partial charge in [-0.25, -0.2) is 4.79 Å². The molecule has 2 aromatic carbocycles. The van der Waals surface area contributed by atoms with Crippen molar-refractivity contribution in [2.75, 3.05) is 11.9 Å². The molecule has 5 heteroatoms. The monoisotopic (exact) mass is 397 g/mol. The first-order valence-electron chi connectivity index (χ1n) is 5.95. The molecule has 0 saturated heterocycles. The lowest BCUT2D eigenvalue weighted by Crippen LogP contribution is -2.17. The van der Waals surface area contributed by atoms with Crippen LogP contribution in [0.4, 0.5) is 5.69 Å². The molecule has 3 nitrogen and oxygen atoms in total. The lowest BCUT2D eigenvalue weighted by atomic mass is 10.1. The van der Waals surface area contributed by atoms with Gasteiger partial charge in [-0.2, -0.15) is 0 Å². The van der Waals surface area contributed by atoms with E-state index in [1.807, 2.05) is 42.3 Å². The van der Waals surface area contributed by atoms with E-state index in [2.05, 4.69) is 31.9 Å². The molecule has 20 heavy (non-hydrogen) atoms. The molecule has 2 aromatic rings. The molecule has 0 amide bonds. The Morgan fingerprint density at radius 2 is 1.90 bits per heavy atom. The number of aromatic carboxylic acids is 1. The van der Waals surface area contributed by atoms with Crippen LogP contribution in [-0.2, 0) is 6.54 Å². The summed E-state index contributed by atoms with van der Waals surface area (Å²) in [7, 11) is 1.94. The van der Waals surface area contributed by atoms with Crippen molar-refractivity contribution in [2.24, 2.45) is 0 Å². The molecule has 0 aromatic heterocycles. The fourth-order valence-corrected chi connectivity index (χ4v) is 2.85. The van der Waals surface area contributed by atoms with Gasteiger partial charge >= 0.3 is 5.97 Å². The smallest absolute Gasteiger partial charge is 0.335 e. The van der Waals surface area contributed by atoms with Gasteiger partial charge in [0.05, 0.1) is 5.56 Å². The van der Waals surface area contributed by atoms with E-state index in [4.69, 9.17) is 5.11 Å². The van der Waals surface area contributed by atoms with E-state index in [0.29, 0.717) is 6.54 Å². The molecule has 2 rings (SSSR count). The van der Waals surface area contributed by atoms with Crippen molar-refractivity contribution in [1.29, 1.82) is 0 Å². The van der Waals surface area contributed by atoms with E-state index >= 15 is 0 Å². The van der Waals surface area contributed by atoms with Crippen molar-refractivity contribution in [3.05, 3.63) is 62.5 Å². The van der Waals surface area contributed by atoms with Crippen molar-refractivity contribution >= 4 is 43.5 Å². The Labute approximate surface area is 134 Å². The van der Waals surface area contributed by atoms with Crippen LogP contribution in [0, 0.1) is 0 Å². The summed E-state index contributed by atoms with van der Waals surface area (Å²) in [6, 6.07) is 13.2. The second kappa shape index (κ2) is 6.41. The Morgan fingerprint density at radius 1 is 1.15 bits per heavy atom. The Morgan fingerprint density at radius 3 is 2.55 bits per heavy atom. The molecule has 0 aliphatic heterocycles. The van der Waals surface area contributed by atoms with Crippen LogP contribution in [0.2, 0.25) is 0 Å². The van der Waals surface area contributed by atoms with Crippen LogP contribution < -0.4 is 4.90 Å². The Hall–Kier alpha value is -1.33. The number of carboxylic acids is 1. The van der Waals surface area contributed by atoms with Gasteiger partial charge in [-0.3, -0.25) is 0 Å². The van der Waals surface area contributed by atoms with Crippen LogP contribution in [0.1, 0.15) is 15.9 Å².